The molecule has 2 N–H and O–H groups in total. The second-order valence-corrected chi connectivity index (χ2v) is 4.52. The van der Waals surface area contributed by atoms with Crippen molar-refractivity contribution in [2.75, 3.05) is 6.61 Å². The minimum Gasteiger partial charge on any atom is -0.394 e. The molecule has 0 spiro atoms. The lowest BCUT2D eigenvalue weighted by Crippen LogP contribution is -2.16. The van der Waals surface area contributed by atoms with Crippen LogP contribution in [-0.4, -0.2) is 22.9 Å². The van der Waals surface area contributed by atoms with Crippen molar-refractivity contribution < 1.29 is 10.2 Å². The second kappa shape index (κ2) is 6.02. The Balaban J connectivity index is 2.82. The van der Waals surface area contributed by atoms with Crippen LogP contribution in [0.25, 0.3) is 0 Å². The average molecular weight is 222 g/mol. The summed E-state index contributed by atoms with van der Waals surface area (Å²) in [6.45, 7) is 6.17. The molecular formula is C14H22O2. The van der Waals surface area contributed by atoms with E-state index in [-0.39, 0.29) is 6.61 Å². The van der Waals surface area contributed by atoms with E-state index in [0.29, 0.717) is 12.3 Å². The smallest absolute Gasteiger partial charge is 0.0776 e. The van der Waals surface area contributed by atoms with E-state index < -0.39 is 6.10 Å². The highest BCUT2D eigenvalue weighted by Crippen LogP contribution is 2.26. The quantitative estimate of drug-likeness (QED) is 0.803. The van der Waals surface area contributed by atoms with Crippen LogP contribution in [0.1, 0.15) is 42.4 Å². The zero-order valence-electron chi connectivity index (χ0n) is 10.4. The lowest BCUT2D eigenvalue weighted by molar-refractivity contribution is 0.0817. The van der Waals surface area contributed by atoms with Gasteiger partial charge in [-0.05, 0) is 49.3 Å². The normalized spacial score (nSPS) is 14.8. The van der Waals surface area contributed by atoms with Crippen LogP contribution < -0.4 is 0 Å². The Morgan fingerprint density at radius 1 is 1.19 bits per heavy atom. The topological polar surface area (TPSA) is 40.5 Å². The molecule has 0 saturated heterocycles. The Bertz CT molecular complexity index is 334. The lowest BCUT2D eigenvalue weighted by atomic mass is 9.89. The van der Waals surface area contributed by atoms with Crippen molar-refractivity contribution in [3.8, 4) is 0 Å². The Labute approximate surface area is 97.9 Å². The number of aryl methyl sites for hydroxylation is 2. The Morgan fingerprint density at radius 3 is 2.38 bits per heavy atom. The molecule has 2 unspecified atom stereocenters. The van der Waals surface area contributed by atoms with E-state index >= 15 is 0 Å². The van der Waals surface area contributed by atoms with Crippen molar-refractivity contribution in [2.24, 2.45) is 0 Å². The monoisotopic (exact) mass is 222 g/mol. The number of benzene rings is 1. The van der Waals surface area contributed by atoms with Gasteiger partial charge in [0.25, 0.3) is 0 Å². The molecule has 1 rings (SSSR count). The largest absolute Gasteiger partial charge is 0.394 e. The number of rotatable bonds is 5. The third-order valence-electron chi connectivity index (χ3n) is 3.26. The first-order valence-corrected chi connectivity index (χ1v) is 5.94. The Morgan fingerprint density at radius 2 is 1.88 bits per heavy atom. The van der Waals surface area contributed by atoms with Gasteiger partial charge in [0.15, 0.2) is 0 Å². The summed E-state index contributed by atoms with van der Waals surface area (Å²) < 4.78 is 0. The summed E-state index contributed by atoms with van der Waals surface area (Å²) in [4.78, 5) is 0. The van der Waals surface area contributed by atoms with E-state index in [1.165, 1.54) is 16.7 Å². The summed E-state index contributed by atoms with van der Waals surface area (Å²) in [7, 11) is 0. The number of aliphatic hydroxyl groups excluding tert-OH is 2. The summed E-state index contributed by atoms with van der Waals surface area (Å²) in [6.07, 6.45) is 1.02. The van der Waals surface area contributed by atoms with Crippen molar-refractivity contribution >= 4 is 0 Å². The molecule has 16 heavy (non-hydrogen) atoms. The first-order chi connectivity index (χ1) is 7.58. The van der Waals surface area contributed by atoms with E-state index in [2.05, 4.69) is 39.0 Å². The highest BCUT2D eigenvalue weighted by Gasteiger charge is 2.14. The maximum atomic E-state index is 9.49. The zero-order valence-corrected chi connectivity index (χ0v) is 10.4. The van der Waals surface area contributed by atoms with Crippen LogP contribution >= 0.6 is 0 Å². The SMILES string of the molecule is CCC(CC(O)CO)c1ccc(C)c(C)c1. The molecule has 2 heteroatoms. The van der Waals surface area contributed by atoms with Gasteiger partial charge < -0.3 is 10.2 Å². The van der Waals surface area contributed by atoms with Gasteiger partial charge in [0, 0.05) is 0 Å². The molecule has 1 aromatic rings. The van der Waals surface area contributed by atoms with Gasteiger partial charge in [0.1, 0.15) is 0 Å². The summed E-state index contributed by atoms with van der Waals surface area (Å²) in [6, 6.07) is 6.44. The van der Waals surface area contributed by atoms with Crippen LogP contribution in [0.3, 0.4) is 0 Å². The van der Waals surface area contributed by atoms with Gasteiger partial charge in [-0.2, -0.15) is 0 Å². The van der Waals surface area contributed by atoms with E-state index in [0.717, 1.165) is 6.42 Å². The molecule has 2 nitrogen and oxygen atoms in total. The van der Waals surface area contributed by atoms with Crippen LogP contribution in [0, 0.1) is 13.8 Å². The fourth-order valence-electron chi connectivity index (χ4n) is 1.96. The van der Waals surface area contributed by atoms with Crippen molar-refractivity contribution in [3.05, 3.63) is 34.9 Å². The summed E-state index contributed by atoms with van der Waals surface area (Å²) >= 11 is 0. The Kier molecular flexibility index (Phi) is 4.97. The number of aliphatic hydroxyl groups is 2. The fraction of sp³-hybridized carbons (Fsp3) is 0.571. The molecule has 0 heterocycles. The van der Waals surface area contributed by atoms with Gasteiger partial charge in [0.2, 0.25) is 0 Å². The molecule has 0 aliphatic carbocycles. The van der Waals surface area contributed by atoms with Crippen molar-refractivity contribution in [1.82, 2.24) is 0 Å². The van der Waals surface area contributed by atoms with Gasteiger partial charge in [0.05, 0.1) is 12.7 Å². The van der Waals surface area contributed by atoms with Crippen LogP contribution in [0.2, 0.25) is 0 Å². The highest BCUT2D eigenvalue weighted by atomic mass is 16.3. The molecule has 0 aromatic heterocycles. The van der Waals surface area contributed by atoms with Gasteiger partial charge >= 0.3 is 0 Å². The molecular weight excluding hydrogens is 200 g/mol. The molecule has 0 amide bonds. The van der Waals surface area contributed by atoms with Crippen molar-refractivity contribution in [3.63, 3.8) is 0 Å². The summed E-state index contributed by atoms with van der Waals surface area (Å²) in [5, 5.41) is 18.4. The van der Waals surface area contributed by atoms with Gasteiger partial charge in [-0.25, -0.2) is 0 Å². The molecule has 0 aliphatic rings. The van der Waals surface area contributed by atoms with Crippen molar-refractivity contribution in [1.29, 1.82) is 0 Å². The zero-order chi connectivity index (χ0) is 12.1. The maximum absolute atomic E-state index is 9.49. The molecule has 0 radical (unpaired) electrons. The van der Waals surface area contributed by atoms with Gasteiger partial charge in [-0.1, -0.05) is 25.1 Å². The average Bonchev–Trinajstić information content (AvgIpc) is 2.29. The predicted octanol–water partition coefficient (Wildman–Crippen LogP) is 2.54. The number of hydrogen-bond donors (Lipinski definition) is 2. The fourth-order valence-corrected chi connectivity index (χ4v) is 1.96. The van der Waals surface area contributed by atoms with Crippen LogP contribution in [0.15, 0.2) is 18.2 Å². The third kappa shape index (κ3) is 3.32. The van der Waals surface area contributed by atoms with Crippen LogP contribution in [0.4, 0.5) is 0 Å². The molecule has 90 valence electrons. The highest BCUT2D eigenvalue weighted by molar-refractivity contribution is 5.32. The van der Waals surface area contributed by atoms with Crippen LogP contribution in [0.5, 0.6) is 0 Å². The molecule has 0 fully saturated rings. The van der Waals surface area contributed by atoms with Gasteiger partial charge in [-0.3, -0.25) is 0 Å². The summed E-state index contributed by atoms with van der Waals surface area (Å²) in [5.74, 6) is 0.335. The minimum absolute atomic E-state index is 0.151. The minimum atomic E-state index is -0.605. The van der Waals surface area contributed by atoms with E-state index in [1.54, 1.807) is 0 Å². The standard InChI is InChI=1S/C14H22O2/c1-4-12(8-14(16)9-15)13-6-5-10(2)11(3)7-13/h5-7,12,14-16H,4,8-9H2,1-3H3. The van der Waals surface area contributed by atoms with E-state index in [9.17, 15) is 5.11 Å². The molecule has 2 atom stereocenters. The first-order valence-electron chi connectivity index (χ1n) is 5.94. The van der Waals surface area contributed by atoms with Crippen molar-refractivity contribution in [2.45, 2.75) is 45.6 Å². The first kappa shape index (κ1) is 13.2. The summed E-state index contributed by atoms with van der Waals surface area (Å²) in [5.41, 5.74) is 3.84. The van der Waals surface area contributed by atoms with Crippen LogP contribution in [-0.2, 0) is 0 Å². The maximum Gasteiger partial charge on any atom is 0.0776 e. The van der Waals surface area contributed by atoms with E-state index in [1.807, 2.05) is 0 Å². The lowest BCUT2D eigenvalue weighted by Gasteiger charge is -2.19. The molecule has 0 bridgehead atoms. The molecule has 1 aromatic carbocycles. The third-order valence-corrected chi connectivity index (χ3v) is 3.26. The van der Waals surface area contributed by atoms with E-state index in [4.69, 9.17) is 5.11 Å². The van der Waals surface area contributed by atoms with Gasteiger partial charge in [-0.15, -0.1) is 0 Å². The molecule has 0 saturated carbocycles. The second-order valence-electron chi connectivity index (χ2n) is 4.52. The number of hydrogen-bond acceptors (Lipinski definition) is 2. The predicted molar refractivity (Wildman–Crippen MR) is 66.7 cm³/mol. The molecule has 0 aliphatic heterocycles. The Hall–Kier alpha value is -0.860.